The topological polar surface area (TPSA) is 0 Å². The molecule has 14 aromatic carbocycles. The largest absolute Gasteiger partial charge is 0.0622 e. The fourth-order valence-corrected chi connectivity index (χ4v) is 11.7. The Morgan fingerprint density at radius 1 is 0.217 bits per heavy atom. The van der Waals surface area contributed by atoms with Gasteiger partial charge < -0.3 is 0 Å². The van der Waals surface area contributed by atoms with Crippen molar-refractivity contribution >= 4 is 108 Å². The molecule has 14 aromatic rings. The average Bonchev–Trinajstić information content (AvgIpc) is 3.78. The van der Waals surface area contributed by atoms with Crippen LogP contribution in [0.2, 0.25) is 0 Å². The van der Waals surface area contributed by atoms with Gasteiger partial charge in [0.25, 0.3) is 0 Å². The first kappa shape index (κ1) is 32.4. The lowest BCUT2D eigenvalue weighted by atomic mass is 9.85. The maximum absolute atomic E-state index is 2.55. The molecule has 14 rings (SSSR count). The van der Waals surface area contributed by atoms with E-state index in [-0.39, 0.29) is 0 Å². The Labute approximate surface area is 346 Å². The molecule has 0 amide bonds. The predicted octanol–water partition coefficient (Wildman–Crippen LogP) is 17.1. The third kappa shape index (κ3) is 4.10. The highest BCUT2D eigenvalue weighted by Gasteiger charge is 2.27. The standard InChI is InChI=1S/C60H36/c1-33-13-11-14-34(2)52(33)40-27-39-24-23-37-25-26-45-58-51(30-41(28-40)53(39)56(37)58)60-55(36-17-7-4-8-18-36)49-31-46-44-22-12-21-43-42-20-10-9-19-38(42)29-48(57(43)44)47(46)32-50(49)54(59(45)60)35-15-5-3-6-16-35/h3-32H,1-2H3. The fraction of sp³-hybridized carbons (Fsp3) is 0.0333. The molecule has 0 aliphatic heterocycles. The zero-order chi connectivity index (χ0) is 39.4. The maximum Gasteiger partial charge on any atom is -0.000719 e. The highest BCUT2D eigenvalue weighted by atomic mass is 14.3. The van der Waals surface area contributed by atoms with Crippen LogP contribution >= 0.6 is 0 Å². The minimum Gasteiger partial charge on any atom is -0.0622 e. The van der Waals surface area contributed by atoms with Crippen LogP contribution in [0.5, 0.6) is 0 Å². The Hall–Kier alpha value is -7.54. The highest BCUT2D eigenvalue weighted by Crippen LogP contribution is 2.55. The summed E-state index contributed by atoms with van der Waals surface area (Å²) in [5.41, 5.74) is 10.4. The maximum atomic E-state index is 2.55. The van der Waals surface area contributed by atoms with Gasteiger partial charge >= 0.3 is 0 Å². The monoisotopic (exact) mass is 756 g/mol. The average molecular weight is 757 g/mol. The molecule has 0 aromatic heterocycles. The van der Waals surface area contributed by atoms with Crippen molar-refractivity contribution in [1.82, 2.24) is 0 Å². The van der Waals surface area contributed by atoms with E-state index in [0.717, 1.165) is 0 Å². The van der Waals surface area contributed by atoms with Crippen molar-refractivity contribution in [2.45, 2.75) is 13.8 Å². The van der Waals surface area contributed by atoms with Gasteiger partial charge in [-0.3, -0.25) is 0 Å². The summed E-state index contributed by atoms with van der Waals surface area (Å²) in [7, 11) is 0. The van der Waals surface area contributed by atoms with Gasteiger partial charge in [0.2, 0.25) is 0 Å². The van der Waals surface area contributed by atoms with Crippen LogP contribution in [-0.2, 0) is 0 Å². The van der Waals surface area contributed by atoms with Gasteiger partial charge in [-0.25, -0.2) is 0 Å². The molecule has 0 N–H and O–H groups in total. The van der Waals surface area contributed by atoms with Crippen LogP contribution in [0.3, 0.4) is 0 Å². The quantitative estimate of drug-likeness (QED) is 0.158. The van der Waals surface area contributed by atoms with Crippen LogP contribution < -0.4 is 0 Å². The van der Waals surface area contributed by atoms with Gasteiger partial charge in [-0.2, -0.15) is 0 Å². The van der Waals surface area contributed by atoms with Crippen LogP contribution in [0, 0.1) is 13.8 Å². The van der Waals surface area contributed by atoms with E-state index in [2.05, 4.69) is 196 Å². The Morgan fingerprint density at radius 2 is 0.767 bits per heavy atom. The smallest absolute Gasteiger partial charge is 0.000719 e. The summed E-state index contributed by atoms with van der Waals surface area (Å²) >= 11 is 0. The molecule has 0 bridgehead atoms. The van der Waals surface area contributed by atoms with Crippen molar-refractivity contribution in [3.05, 3.63) is 193 Å². The number of benzene rings is 12. The van der Waals surface area contributed by atoms with Crippen LogP contribution in [0.1, 0.15) is 11.1 Å². The van der Waals surface area contributed by atoms with Crippen molar-refractivity contribution in [2.75, 3.05) is 0 Å². The van der Waals surface area contributed by atoms with Crippen LogP contribution in [0.4, 0.5) is 0 Å². The number of rotatable bonds is 3. The molecule has 0 heterocycles. The first-order valence-corrected chi connectivity index (χ1v) is 21.2. The summed E-state index contributed by atoms with van der Waals surface area (Å²) in [5.74, 6) is 0. The summed E-state index contributed by atoms with van der Waals surface area (Å²) in [6, 6.07) is 69.3. The second-order valence-corrected chi connectivity index (χ2v) is 17.2. The van der Waals surface area contributed by atoms with Gasteiger partial charge in [-0.05, 0) is 202 Å². The minimum absolute atomic E-state index is 1.25. The van der Waals surface area contributed by atoms with Crippen molar-refractivity contribution in [3.8, 4) is 33.4 Å². The molecule has 0 saturated carbocycles. The Bertz CT molecular complexity index is 4080. The SMILES string of the molecule is Cc1cccc(C)c1-c1cc2ccc3ccc4c5c(-c6ccccc6)c6cc7c(cc6c(-c6ccccc6)c5c5cc(c1)c2c3c45)c1cccc2c3ccccc3cc7c21. The van der Waals surface area contributed by atoms with Crippen LogP contribution in [-0.4, -0.2) is 0 Å². The molecule has 60 heavy (non-hydrogen) atoms. The molecule has 0 aliphatic carbocycles. The second kappa shape index (κ2) is 11.6. The van der Waals surface area contributed by atoms with Crippen molar-refractivity contribution in [2.24, 2.45) is 0 Å². The molecule has 0 aliphatic rings. The normalized spacial score (nSPS) is 12.5. The lowest BCUT2D eigenvalue weighted by Crippen LogP contribution is -1.90. The molecule has 0 nitrogen and oxygen atoms in total. The summed E-state index contributed by atoms with van der Waals surface area (Å²) in [5, 5.41) is 26.5. The molecule has 0 spiro atoms. The lowest BCUT2D eigenvalue weighted by Gasteiger charge is -2.17. The van der Waals surface area contributed by atoms with Crippen molar-refractivity contribution in [1.29, 1.82) is 0 Å². The van der Waals surface area contributed by atoms with E-state index >= 15 is 0 Å². The number of fused-ring (bicyclic) bond motifs is 9. The van der Waals surface area contributed by atoms with E-state index in [4.69, 9.17) is 0 Å². The summed E-state index contributed by atoms with van der Waals surface area (Å²) in [4.78, 5) is 0. The number of aryl methyl sites for hydroxylation is 2. The minimum atomic E-state index is 1.25. The lowest BCUT2D eigenvalue weighted by molar-refractivity contribution is 1.38. The van der Waals surface area contributed by atoms with Crippen LogP contribution in [0.15, 0.2) is 182 Å². The first-order chi connectivity index (χ1) is 29.6. The zero-order valence-electron chi connectivity index (χ0n) is 33.3. The van der Waals surface area contributed by atoms with E-state index in [1.54, 1.807) is 0 Å². The molecule has 0 fully saturated rings. The molecule has 0 saturated heterocycles. The van der Waals surface area contributed by atoms with E-state index in [1.807, 2.05) is 0 Å². The molecule has 0 radical (unpaired) electrons. The Morgan fingerprint density at radius 3 is 1.50 bits per heavy atom. The zero-order valence-corrected chi connectivity index (χ0v) is 33.3. The molecular weight excluding hydrogens is 721 g/mol. The van der Waals surface area contributed by atoms with Gasteiger partial charge in [0.1, 0.15) is 0 Å². The van der Waals surface area contributed by atoms with Crippen molar-refractivity contribution in [3.63, 3.8) is 0 Å². The van der Waals surface area contributed by atoms with E-state index < -0.39 is 0 Å². The van der Waals surface area contributed by atoms with Crippen molar-refractivity contribution < 1.29 is 0 Å². The second-order valence-electron chi connectivity index (χ2n) is 17.2. The Kier molecular flexibility index (Phi) is 6.25. The molecule has 0 unspecified atom stereocenters. The molecule has 0 heteroatoms. The first-order valence-electron chi connectivity index (χ1n) is 21.2. The van der Waals surface area contributed by atoms with Gasteiger partial charge in [0.15, 0.2) is 0 Å². The van der Waals surface area contributed by atoms with E-state index in [0.29, 0.717) is 0 Å². The van der Waals surface area contributed by atoms with Gasteiger partial charge in [0.05, 0.1) is 0 Å². The predicted molar refractivity (Wildman–Crippen MR) is 261 cm³/mol. The third-order valence-electron chi connectivity index (χ3n) is 14.0. The van der Waals surface area contributed by atoms with Crippen LogP contribution in [0.25, 0.3) is 141 Å². The number of hydrogen-bond acceptors (Lipinski definition) is 0. The summed E-state index contributed by atoms with van der Waals surface area (Å²) < 4.78 is 0. The fourth-order valence-electron chi connectivity index (χ4n) is 11.7. The molecule has 0 atom stereocenters. The highest BCUT2D eigenvalue weighted by molar-refractivity contribution is 6.46. The van der Waals surface area contributed by atoms with Gasteiger partial charge in [-0.15, -0.1) is 0 Å². The van der Waals surface area contributed by atoms with E-state index in [9.17, 15) is 0 Å². The summed E-state index contributed by atoms with van der Waals surface area (Å²) in [6.45, 7) is 4.49. The van der Waals surface area contributed by atoms with Gasteiger partial charge in [0, 0.05) is 0 Å². The number of hydrogen-bond donors (Lipinski definition) is 0. The third-order valence-corrected chi connectivity index (χ3v) is 14.0. The van der Waals surface area contributed by atoms with Gasteiger partial charge in [-0.1, -0.05) is 146 Å². The van der Waals surface area contributed by atoms with E-state index in [1.165, 1.54) is 152 Å². The summed E-state index contributed by atoms with van der Waals surface area (Å²) in [6.07, 6.45) is 0. The Balaban J connectivity index is 1.25. The molecule has 276 valence electrons. The molecular formula is C60H36.